The number of ether oxygens (including phenoxy) is 1. The minimum Gasteiger partial charge on any atom is -0.497 e. The van der Waals surface area contributed by atoms with Gasteiger partial charge in [0.25, 0.3) is 5.91 Å². The number of anilines is 2. The quantitative estimate of drug-likeness (QED) is 0.749. The van der Waals surface area contributed by atoms with E-state index in [1.807, 2.05) is 35.2 Å². The summed E-state index contributed by atoms with van der Waals surface area (Å²) < 4.78 is 5.31. The zero-order chi connectivity index (χ0) is 17.8. The van der Waals surface area contributed by atoms with Crippen molar-refractivity contribution in [3.63, 3.8) is 0 Å². The maximum atomic E-state index is 12.7. The minimum atomic E-state index is -0.728. The number of amides is 1. The van der Waals surface area contributed by atoms with Crippen LogP contribution in [0.4, 0.5) is 11.4 Å². The van der Waals surface area contributed by atoms with E-state index in [-0.39, 0.29) is 11.7 Å². The maximum Gasteiger partial charge on any atom is 0.255 e. The number of para-hydroxylation sites is 1. The van der Waals surface area contributed by atoms with Crippen LogP contribution in [0.2, 0.25) is 0 Å². The maximum absolute atomic E-state index is 12.7. The van der Waals surface area contributed by atoms with E-state index in [4.69, 9.17) is 4.74 Å². The number of rotatable bonds is 6. The Morgan fingerprint density at radius 1 is 1.24 bits per heavy atom. The van der Waals surface area contributed by atoms with E-state index in [0.29, 0.717) is 23.4 Å². The average Bonchev–Trinajstić information content (AvgIpc) is 2.66. The standard InChI is InChI=1S/C19H19BrN2O3/c1-25-14-9-10-15-16(12-14)22(13-6-3-2-4-7-13)18(21-19(15)24)17(23)8-5-11-20/h2-4,6-7,9-10,12,18H,5,8,11H2,1H3,(H,21,24). The summed E-state index contributed by atoms with van der Waals surface area (Å²) in [4.78, 5) is 27.1. The second-order valence-electron chi connectivity index (χ2n) is 5.72. The van der Waals surface area contributed by atoms with Crippen molar-refractivity contribution in [3.05, 3.63) is 54.1 Å². The number of benzene rings is 2. The van der Waals surface area contributed by atoms with Crippen LogP contribution >= 0.6 is 15.9 Å². The molecule has 0 saturated heterocycles. The van der Waals surface area contributed by atoms with E-state index in [2.05, 4.69) is 21.2 Å². The molecule has 25 heavy (non-hydrogen) atoms. The number of carbonyl (C=O) groups is 2. The summed E-state index contributed by atoms with van der Waals surface area (Å²) >= 11 is 3.35. The van der Waals surface area contributed by atoms with Gasteiger partial charge in [0.15, 0.2) is 11.9 Å². The second-order valence-corrected chi connectivity index (χ2v) is 6.52. The van der Waals surface area contributed by atoms with Crippen molar-refractivity contribution in [3.8, 4) is 5.75 Å². The lowest BCUT2D eigenvalue weighted by Gasteiger charge is -2.38. The first-order valence-corrected chi connectivity index (χ1v) is 9.19. The normalized spacial score (nSPS) is 16.2. The predicted octanol–water partition coefficient (Wildman–Crippen LogP) is 3.65. The first-order valence-electron chi connectivity index (χ1n) is 8.07. The number of nitrogens with one attached hydrogen (secondary N) is 1. The van der Waals surface area contributed by atoms with Crippen molar-refractivity contribution in [1.82, 2.24) is 5.32 Å². The van der Waals surface area contributed by atoms with Crippen molar-refractivity contribution in [2.75, 3.05) is 17.3 Å². The molecule has 0 saturated carbocycles. The third-order valence-electron chi connectivity index (χ3n) is 4.13. The third-order valence-corrected chi connectivity index (χ3v) is 4.69. The van der Waals surface area contributed by atoms with Gasteiger partial charge in [-0.3, -0.25) is 9.59 Å². The number of methoxy groups -OCH3 is 1. The first-order chi connectivity index (χ1) is 12.2. The van der Waals surface area contributed by atoms with Gasteiger partial charge in [0, 0.05) is 23.5 Å². The molecule has 1 unspecified atom stereocenters. The van der Waals surface area contributed by atoms with Crippen LogP contribution in [0.25, 0.3) is 0 Å². The largest absolute Gasteiger partial charge is 0.497 e. The molecule has 5 nitrogen and oxygen atoms in total. The molecule has 0 bridgehead atoms. The topological polar surface area (TPSA) is 58.6 Å². The number of hydrogen-bond donors (Lipinski definition) is 1. The monoisotopic (exact) mass is 402 g/mol. The van der Waals surface area contributed by atoms with Crippen LogP contribution in [-0.2, 0) is 4.79 Å². The lowest BCUT2D eigenvalue weighted by Crippen LogP contribution is -2.55. The fourth-order valence-corrected chi connectivity index (χ4v) is 3.19. The Kier molecular flexibility index (Phi) is 5.38. The number of alkyl halides is 1. The van der Waals surface area contributed by atoms with Crippen molar-refractivity contribution >= 4 is 39.0 Å². The van der Waals surface area contributed by atoms with Gasteiger partial charge in [-0.15, -0.1) is 0 Å². The number of carbonyl (C=O) groups excluding carboxylic acids is 2. The highest BCUT2D eigenvalue weighted by Gasteiger charge is 2.36. The Bertz CT molecular complexity index is 779. The Labute approximate surface area is 155 Å². The van der Waals surface area contributed by atoms with Crippen LogP contribution in [0, 0.1) is 0 Å². The number of nitrogens with zero attached hydrogens (tertiary/aromatic N) is 1. The highest BCUT2D eigenvalue weighted by Crippen LogP contribution is 2.36. The van der Waals surface area contributed by atoms with Crippen LogP contribution < -0.4 is 15.0 Å². The van der Waals surface area contributed by atoms with Gasteiger partial charge in [-0.2, -0.15) is 0 Å². The second kappa shape index (κ2) is 7.70. The van der Waals surface area contributed by atoms with E-state index in [9.17, 15) is 9.59 Å². The van der Waals surface area contributed by atoms with Crippen LogP contribution in [0.1, 0.15) is 23.2 Å². The average molecular weight is 403 g/mol. The van der Waals surface area contributed by atoms with Gasteiger partial charge in [0.2, 0.25) is 0 Å². The van der Waals surface area contributed by atoms with Crippen molar-refractivity contribution < 1.29 is 14.3 Å². The molecule has 1 atom stereocenters. The highest BCUT2D eigenvalue weighted by atomic mass is 79.9. The highest BCUT2D eigenvalue weighted by molar-refractivity contribution is 9.09. The summed E-state index contributed by atoms with van der Waals surface area (Å²) in [6.45, 7) is 0. The molecule has 0 aromatic heterocycles. The smallest absolute Gasteiger partial charge is 0.255 e. The summed E-state index contributed by atoms with van der Waals surface area (Å²) in [5.41, 5.74) is 2.04. The molecule has 0 spiro atoms. The minimum absolute atomic E-state index is 0.0230. The van der Waals surface area contributed by atoms with Gasteiger partial charge in [0.05, 0.1) is 18.4 Å². The summed E-state index contributed by atoms with van der Waals surface area (Å²) in [7, 11) is 1.58. The molecule has 1 aliphatic rings. The van der Waals surface area contributed by atoms with Gasteiger partial charge in [-0.05, 0) is 30.7 Å². The third kappa shape index (κ3) is 3.54. The molecule has 0 radical (unpaired) electrons. The van der Waals surface area contributed by atoms with E-state index < -0.39 is 6.17 Å². The lowest BCUT2D eigenvalue weighted by atomic mass is 10.0. The number of hydrogen-bond acceptors (Lipinski definition) is 4. The lowest BCUT2D eigenvalue weighted by molar-refractivity contribution is -0.120. The number of halogens is 1. The molecule has 1 heterocycles. The van der Waals surface area contributed by atoms with Crippen LogP contribution in [0.15, 0.2) is 48.5 Å². The number of ketones is 1. The van der Waals surface area contributed by atoms with E-state index in [1.54, 1.807) is 25.3 Å². The Morgan fingerprint density at radius 2 is 2.00 bits per heavy atom. The van der Waals surface area contributed by atoms with E-state index >= 15 is 0 Å². The number of Topliss-reactive ketones (excluding diaryl/α,β-unsaturated/α-hetero) is 1. The van der Waals surface area contributed by atoms with Crippen molar-refractivity contribution in [2.24, 2.45) is 0 Å². The molecule has 2 aromatic carbocycles. The van der Waals surface area contributed by atoms with Crippen LogP contribution in [0.5, 0.6) is 5.75 Å². The van der Waals surface area contributed by atoms with Crippen LogP contribution in [-0.4, -0.2) is 30.3 Å². The molecule has 1 N–H and O–H groups in total. The summed E-state index contributed by atoms with van der Waals surface area (Å²) in [6, 6.07) is 14.8. The fraction of sp³-hybridized carbons (Fsp3) is 0.263. The SMILES string of the molecule is COc1ccc2c(c1)N(c1ccccc1)C(C(=O)CCCBr)NC2=O. The molecule has 3 rings (SSSR count). The molecule has 1 aliphatic heterocycles. The zero-order valence-electron chi connectivity index (χ0n) is 13.9. The van der Waals surface area contributed by atoms with Crippen molar-refractivity contribution in [2.45, 2.75) is 19.0 Å². The Morgan fingerprint density at radius 3 is 2.68 bits per heavy atom. The Hall–Kier alpha value is -2.34. The fourth-order valence-electron chi connectivity index (χ4n) is 2.91. The summed E-state index contributed by atoms with van der Waals surface area (Å²) in [6.07, 6.45) is 0.381. The molecule has 0 fully saturated rings. The van der Waals surface area contributed by atoms with Gasteiger partial charge in [-0.25, -0.2) is 0 Å². The molecule has 2 aromatic rings. The summed E-state index contributed by atoms with van der Waals surface area (Å²) in [5, 5.41) is 3.59. The van der Waals surface area contributed by atoms with Gasteiger partial charge in [0.1, 0.15) is 5.75 Å². The van der Waals surface area contributed by atoms with E-state index in [1.165, 1.54) is 0 Å². The van der Waals surface area contributed by atoms with Crippen LogP contribution in [0.3, 0.4) is 0 Å². The Balaban J connectivity index is 2.10. The van der Waals surface area contributed by atoms with Gasteiger partial charge in [-0.1, -0.05) is 34.1 Å². The molecule has 0 aliphatic carbocycles. The molecule has 6 heteroatoms. The van der Waals surface area contributed by atoms with Crippen molar-refractivity contribution in [1.29, 1.82) is 0 Å². The molecule has 130 valence electrons. The summed E-state index contributed by atoms with van der Waals surface area (Å²) in [5.74, 6) is 0.369. The van der Waals surface area contributed by atoms with Gasteiger partial charge >= 0.3 is 0 Å². The molecule has 1 amide bonds. The molecular formula is C19H19BrN2O3. The van der Waals surface area contributed by atoms with Gasteiger partial charge < -0.3 is 15.0 Å². The zero-order valence-corrected chi connectivity index (χ0v) is 15.5. The number of fused-ring (bicyclic) bond motifs is 1. The predicted molar refractivity (Wildman–Crippen MR) is 101 cm³/mol. The molecular weight excluding hydrogens is 384 g/mol. The first kappa shape index (κ1) is 17.5. The van der Waals surface area contributed by atoms with E-state index in [0.717, 1.165) is 17.4 Å².